The molecule has 0 atom stereocenters. The van der Waals surface area contributed by atoms with E-state index in [0.29, 0.717) is 5.02 Å². The minimum absolute atomic E-state index is 0.692. The summed E-state index contributed by atoms with van der Waals surface area (Å²) < 4.78 is 0. The van der Waals surface area contributed by atoms with Crippen molar-refractivity contribution < 1.29 is 0 Å². The molecule has 0 radical (unpaired) electrons. The van der Waals surface area contributed by atoms with Gasteiger partial charge < -0.3 is 4.98 Å². The van der Waals surface area contributed by atoms with Crippen LogP contribution in [0.3, 0.4) is 0 Å². The molecule has 96 valence electrons. The third-order valence-electron chi connectivity index (χ3n) is 3.46. The molecule has 0 unspecified atom stereocenters. The fourth-order valence-corrected chi connectivity index (χ4v) is 2.77. The first-order valence-electron chi connectivity index (χ1n) is 6.30. The molecule has 20 heavy (non-hydrogen) atoms. The Labute approximate surface area is 120 Å². The number of nitrogens with one attached hydrogen (secondary N) is 1. The highest BCUT2D eigenvalue weighted by atomic mass is 35.5. The van der Waals surface area contributed by atoms with E-state index in [0.717, 1.165) is 33.1 Å². The predicted molar refractivity (Wildman–Crippen MR) is 81.8 cm³/mol. The first-order valence-corrected chi connectivity index (χ1v) is 6.68. The quantitative estimate of drug-likeness (QED) is 0.560. The van der Waals surface area contributed by atoms with Gasteiger partial charge in [-0.1, -0.05) is 29.8 Å². The molecule has 0 spiro atoms. The molecule has 0 aliphatic heterocycles. The SMILES string of the molecule is Clc1ccncc1-c1ccnc2[nH]c3ccccc3c12. The summed E-state index contributed by atoms with van der Waals surface area (Å²) in [5, 5.41) is 2.92. The molecule has 1 aromatic carbocycles. The Kier molecular flexibility index (Phi) is 2.47. The van der Waals surface area contributed by atoms with Crippen LogP contribution in [-0.4, -0.2) is 15.0 Å². The lowest BCUT2D eigenvalue weighted by molar-refractivity contribution is 1.32. The number of hydrogen-bond acceptors (Lipinski definition) is 2. The molecule has 0 saturated carbocycles. The molecule has 4 aromatic rings. The van der Waals surface area contributed by atoms with Gasteiger partial charge in [0.15, 0.2) is 0 Å². The van der Waals surface area contributed by atoms with Crippen LogP contribution in [0.2, 0.25) is 5.02 Å². The van der Waals surface area contributed by atoms with Gasteiger partial charge in [0.05, 0.1) is 5.02 Å². The predicted octanol–water partition coefficient (Wildman–Crippen LogP) is 4.43. The summed E-state index contributed by atoms with van der Waals surface area (Å²) in [4.78, 5) is 11.9. The van der Waals surface area contributed by atoms with Gasteiger partial charge in [-0.15, -0.1) is 0 Å². The Bertz CT molecular complexity index is 927. The molecule has 3 aromatic heterocycles. The van der Waals surface area contributed by atoms with E-state index in [-0.39, 0.29) is 0 Å². The van der Waals surface area contributed by atoms with Gasteiger partial charge in [-0.3, -0.25) is 4.98 Å². The molecule has 4 rings (SSSR count). The van der Waals surface area contributed by atoms with E-state index in [1.54, 1.807) is 24.7 Å². The van der Waals surface area contributed by atoms with Crippen molar-refractivity contribution in [1.82, 2.24) is 15.0 Å². The Morgan fingerprint density at radius 2 is 1.85 bits per heavy atom. The second kappa shape index (κ2) is 4.32. The molecule has 0 aliphatic carbocycles. The number of fused-ring (bicyclic) bond motifs is 3. The molecule has 1 N–H and O–H groups in total. The van der Waals surface area contributed by atoms with Crippen molar-refractivity contribution in [1.29, 1.82) is 0 Å². The van der Waals surface area contributed by atoms with Gasteiger partial charge in [-0.25, -0.2) is 4.98 Å². The van der Waals surface area contributed by atoms with Crippen LogP contribution in [0.25, 0.3) is 33.1 Å². The van der Waals surface area contributed by atoms with Crippen LogP contribution in [0, 0.1) is 0 Å². The van der Waals surface area contributed by atoms with Crippen LogP contribution >= 0.6 is 11.6 Å². The normalized spacial score (nSPS) is 11.2. The van der Waals surface area contributed by atoms with E-state index < -0.39 is 0 Å². The number of halogens is 1. The van der Waals surface area contributed by atoms with Crippen molar-refractivity contribution in [2.75, 3.05) is 0 Å². The van der Waals surface area contributed by atoms with E-state index in [2.05, 4.69) is 21.0 Å². The Hall–Kier alpha value is -2.39. The standard InChI is InChI=1S/C16H10ClN3/c17-13-6-7-18-9-12(13)10-5-8-19-16-15(10)11-3-1-2-4-14(11)20-16/h1-9H,(H,19,20). The van der Waals surface area contributed by atoms with Gasteiger partial charge in [0, 0.05) is 40.4 Å². The Morgan fingerprint density at radius 3 is 2.75 bits per heavy atom. The topological polar surface area (TPSA) is 41.6 Å². The third kappa shape index (κ3) is 1.60. The number of H-pyrrole nitrogens is 1. The van der Waals surface area contributed by atoms with Crippen molar-refractivity contribution in [2.45, 2.75) is 0 Å². The molecule has 0 fully saturated rings. The molecule has 4 heteroatoms. The average molecular weight is 280 g/mol. The van der Waals surface area contributed by atoms with Crippen molar-refractivity contribution in [2.24, 2.45) is 0 Å². The maximum Gasteiger partial charge on any atom is 0.138 e. The van der Waals surface area contributed by atoms with Crippen LogP contribution in [0.5, 0.6) is 0 Å². The van der Waals surface area contributed by atoms with E-state index in [4.69, 9.17) is 11.6 Å². The second-order valence-electron chi connectivity index (χ2n) is 4.61. The van der Waals surface area contributed by atoms with Crippen LogP contribution in [0.15, 0.2) is 55.0 Å². The largest absolute Gasteiger partial charge is 0.339 e. The highest BCUT2D eigenvalue weighted by Gasteiger charge is 2.12. The number of nitrogens with zero attached hydrogens (tertiary/aromatic N) is 2. The monoisotopic (exact) mass is 279 g/mol. The van der Waals surface area contributed by atoms with Gasteiger partial charge in [0.1, 0.15) is 5.65 Å². The molecule has 0 aliphatic rings. The lowest BCUT2D eigenvalue weighted by atomic mass is 10.0. The number of pyridine rings is 2. The molecular weight excluding hydrogens is 270 g/mol. The van der Waals surface area contributed by atoms with Gasteiger partial charge in [-0.2, -0.15) is 0 Å². The van der Waals surface area contributed by atoms with Crippen LogP contribution in [0.1, 0.15) is 0 Å². The third-order valence-corrected chi connectivity index (χ3v) is 3.79. The van der Waals surface area contributed by atoms with Crippen molar-refractivity contribution in [3.8, 4) is 11.1 Å². The van der Waals surface area contributed by atoms with Gasteiger partial charge >= 0.3 is 0 Å². The lowest BCUT2D eigenvalue weighted by Gasteiger charge is -2.05. The molecule has 3 heterocycles. The summed E-state index contributed by atoms with van der Waals surface area (Å²) in [6.45, 7) is 0. The van der Waals surface area contributed by atoms with E-state index in [1.807, 2.05) is 24.3 Å². The fourth-order valence-electron chi connectivity index (χ4n) is 2.57. The number of rotatable bonds is 1. The highest BCUT2D eigenvalue weighted by Crippen LogP contribution is 2.35. The lowest BCUT2D eigenvalue weighted by Crippen LogP contribution is -1.84. The summed E-state index contributed by atoms with van der Waals surface area (Å²) in [5.41, 5.74) is 3.91. The molecule has 3 nitrogen and oxygen atoms in total. The van der Waals surface area contributed by atoms with Crippen LogP contribution in [0.4, 0.5) is 0 Å². The number of benzene rings is 1. The summed E-state index contributed by atoms with van der Waals surface area (Å²) in [5.74, 6) is 0. The number of aromatic amines is 1. The zero-order chi connectivity index (χ0) is 13.5. The average Bonchev–Trinajstić information content (AvgIpc) is 2.86. The summed E-state index contributed by atoms with van der Waals surface area (Å²) in [6.07, 6.45) is 5.27. The first kappa shape index (κ1) is 11.4. The Balaban J connectivity index is 2.17. The van der Waals surface area contributed by atoms with Gasteiger partial charge in [-0.05, 0) is 23.8 Å². The van der Waals surface area contributed by atoms with E-state index in [9.17, 15) is 0 Å². The number of hydrogen-bond donors (Lipinski definition) is 1. The van der Waals surface area contributed by atoms with Crippen molar-refractivity contribution in [3.63, 3.8) is 0 Å². The van der Waals surface area contributed by atoms with Crippen molar-refractivity contribution >= 4 is 33.5 Å². The van der Waals surface area contributed by atoms with Crippen LogP contribution < -0.4 is 0 Å². The Morgan fingerprint density at radius 1 is 0.950 bits per heavy atom. The first-order chi connectivity index (χ1) is 9.84. The molecule has 0 amide bonds. The van der Waals surface area contributed by atoms with E-state index in [1.165, 1.54) is 0 Å². The zero-order valence-corrected chi connectivity index (χ0v) is 11.2. The molecule has 0 bridgehead atoms. The van der Waals surface area contributed by atoms with Crippen molar-refractivity contribution in [3.05, 3.63) is 60.0 Å². The van der Waals surface area contributed by atoms with Gasteiger partial charge in [0.2, 0.25) is 0 Å². The number of para-hydroxylation sites is 1. The fraction of sp³-hybridized carbons (Fsp3) is 0. The maximum atomic E-state index is 6.31. The minimum atomic E-state index is 0.692. The highest BCUT2D eigenvalue weighted by molar-refractivity contribution is 6.34. The number of aromatic nitrogens is 3. The summed E-state index contributed by atoms with van der Waals surface area (Å²) in [6, 6.07) is 11.9. The second-order valence-corrected chi connectivity index (χ2v) is 5.02. The zero-order valence-electron chi connectivity index (χ0n) is 10.5. The van der Waals surface area contributed by atoms with Gasteiger partial charge in [0.25, 0.3) is 0 Å². The smallest absolute Gasteiger partial charge is 0.138 e. The van der Waals surface area contributed by atoms with Crippen LogP contribution in [-0.2, 0) is 0 Å². The maximum absolute atomic E-state index is 6.31. The molecular formula is C16H10ClN3. The summed E-state index contributed by atoms with van der Waals surface area (Å²) >= 11 is 6.31. The minimum Gasteiger partial charge on any atom is -0.339 e. The summed E-state index contributed by atoms with van der Waals surface area (Å²) in [7, 11) is 0. The van der Waals surface area contributed by atoms with E-state index >= 15 is 0 Å². The molecule has 0 saturated heterocycles.